The average molecular weight is 379 g/mol. The molecule has 2 aromatic carbocycles. The van der Waals surface area contributed by atoms with E-state index in [-0.39, 0.29) is 17.5 Å². The van der Waals surface area contributed by atoms with Gasteiger partial charge in [0.25, 0.3) is 0 Å². The summed E-state index contributed by atoms with van der Waals surface area (Å²) in [6.45, 7) is 0. The normalized spacial score (nSPS) is 13.1. The van der Waals surface area contributed by atoms with Gasteiger partial charge in [-0.3, -0.25) is 0 Å². The first kappa shape index (κ1) is 19.2. The molecule has 0 aromatic heterocycles. The fourth-order valence-corrected chi connectivity index (χ4v) is 2.84. The first-order valence-corrected chi connectivity index (χ1v) is 7.78. The Bertz CT molecular complexity index is 723. The van der Waals surface area contributed by atoms with E-state index in [4.69, 9.17) is 5.21 Å². The van der Waals surface area contributed by atoms with Gasteiger partial charge in [-0.25, -0.2) is 0 Å². The fraction of sp³-hybridized carbons (Fsp3) is 0.188. The van der Waals surface area contributed by atoms with Gasteiger partial charge >= 0.3 is 12.4 Å². The molecule has 0 aliphatic rings. The zero-order valence-corrected chi connectivity index (χ0v) is 13.2. The van der Waals surface area contributed by atoms with E-state index in [0.29, 0.717) is 12.1 Å². The van der Waals surface area contributed by atoms with Crippen LogP contribution in [0.4, 0.5) is 26.3 Å². The van der Waals surface area contributed by atoms with E-state index in [1.165, 1.54) is 0 Å². The molecule has 0 heterocycles. The summed E-state index contributed by atoms with van der Waals surface area (Å²) in [5.41, 5.74) is -3.63. The molecule has 0 saturated heterocycles. The smallest absolute Gasteiger partial charge is 0.411 e. The van der Waals surface area contributed by atoms with Gasteiger partial charge in [0.1, 0.15) is 0 Å². The SMILES string of the molecule is O/N=C(/CSc1ccccc1)c1cc(C(F)(F)F)cc(C(F)(F)F)c1. The van der Waals surface area contributed by atoms with Crippen LogP contribution in [-0.2, 0) is 12.4 Å². The second-order valence-electron chi connectivity index (χ2n) is 4.94. The molecule has 25 heavy (non-hydrogen) atoms. The quantitative estimate of drug-likeness (QED) is 0.243. The molecule has 2 aromatic rings. The maximum atomic E-state index is 12.9. The largest absolute Gasteiger partial charge is 0.416 e. The van der Waals surface area contributed by atoms with Crippen LogP contribution in [0.5, 0.6) is 0 Å². The molecular formula is C16H11F6NOS. The van der Waals surface area contributed by atoms with Crippen LogP contribution in [-0.4, -0.2) is 16.7 Å². The molecule has 0 bridgehead atoms. The minimum Gasteiger partial charge on any atom is -0.411 e. The number of benzene rings is 2. The molecule has 9 heteroatoms. The highest BCUT2D eigenvalue weighted by Gasteiger charge is 2.37. The van der Waals surface area contributed by atoms with Gasteiger partial charge in [0.05, 0.1) is 16.8 Å². The second kappa shape index (κ2) is 7.38. The molecule has 0 atom stereocenters. The maximum absolute atomic E-state index is 12.9. The van der Waals surface area contributed by atoms with Crippen LogP contribution in [0.15, 0.2) is 58.6 Å². The predicted molar refractivity (Wildman–Crippen MR) is 81.9 cm³/mol. The number of thioether (sulfide) groups is 1. The van der Waals surface area contributed by atoms with Gasteiger partial charge in [-0.2, -0.15) is 26.3 Å². The molecule has 2 rings (SSSR count). The van der Waals surface area contributed by atoms with Crippen LogP contribution in [0.2, 0.25) is 0 Å². The first-order chi connectivity index (χ1) is 11.6. The molecule has 0 unspecified atom stereocenters. The van der Waals surface area contributed by atoms with Crippen molar-refractivity contribution in [2.45, 2.75) is 17.2 Å². The summed E-state index contributed by atoms with van der Waals surface area (Å²) < 4.78 is 77.3. The van der Waals surface area contributed by atoms with Crippen molar-refractivity contribution in [3.63, 3.8) is 0 Å². The molecule has 0 radical (unpaired) electrons. The number of oxime groups is 1. The molecule has 0 fully saturated rings. The molecule has 1 N–H and O–H groups in total. The van der Waals surface area contributed by atoms with Gasteiger partial charge in [-0.1, -0.05) is 23.4 Å². The summed E-state index contributed by atoms with van der Waals surface area (Å²) in [7, 11) is 0. The van der Waals surface area contributed by atoms with Crippen molar-refractivity contribution < 1.29 is 31.5 Å². The van der Waals surface area contributed by atoms with Gasteiger partial charge in [-0.15, -0.1) is 11.8 Å². The molecule has 0 aliphatic heterocycles. The van der Waals surface area contributed by atoms with Crippen molar-refractivity contribution in [2.24, 2.45) is 5.16 Å². The van der Waals surface area contributed by atoms with E-state index in [2.05, 4.69) is 5.16 Å². The third-order valence-corrected chi connectivity index (χ3v) is 4.18. The summed E-state index contributed by atoms with van der Waals surface area (Å²) >= 11 is 1.12. The lowest BCUT2D eigenvalue weighted by atomic mass is 10.0. The monoisotopic (exact) mass is 379 g/mol. The van der Waals surface area contributed by atoms with Crippen molar-refractivity contribution in [3.8, 4) is 0 Å². The van der Waals surface area contributed by atoms with E-state index in [1.807, 2.05) is 0 Å². The zero-order chi connectivity index (χ0) is 18.7. The number of nitrogens with zero attached hydrogens (tertiary/aromatic N) is 1. The van der Waals surface area contributed by atoms with Crippen LogP contribution in [0, 0.1) is 0 Å². The van der Waals surface area contributed by atoms with E-state index >= 15 is 0 Å². The molecule has 0 spiro atoms. The number of hydrogen-bond donors (Lipinski definition) is 1. The lowest BCUT2D eigenvalue weighted by molar-refractivity contribution is -0.143. The summed E-state index contributed by atoms with van der Waals surface area (Å²) in [4.78, 5) is 0.728. The highest BCUT2D eigenvalue weighted by molar-refractivity contribution is 8.00. The van der Waals surface area contributed by atoms with Crippen LogP contribution in [0.25, 0.3) is 0 Å². The third kappa shape index (κ3) is 5.15. The summed E-state index contributed by atoms with van der Waals surface area (Å²) in [5.74, 6) is -0.0981. The van der Waals surface area contributed by atoms with Gasteiger partial charge in [-0.05, 0) is 30.3 Å². The third-order valence-electron chi connectivity index (χ3n) is 3.16. The summed E-state index contributed by atoms with van der Waals surface area (Å²) in [5, 5.41) is 11.9. The Morgan fingerprint density at radius 2 is 1.40 bits per heavy atom. The molecule has 134 valence electrons. The van der Waals surface area contributed by atoms with Crippen LogP contribution in [0.1, 0.15) is 16.7 Å². The Labute approximate surface area is 143 Å². The Hall–Kier alpha value is -2.16. The number of hydrogen-bond acceptors (Lipinski definition) is 3. The summed E-state index contributed by atoms with van der Waals surface area (Å²) in [6.07, 6.45) is -9.91. The molecule has 2 nitrogen and oxygen atoms in total. The van der Waals surface area contributed by atoms with Gasteiger partial charge in [0, 0.05) is 16.2 Å². The molecular weight excluding hydrogens is 368 g/mol. The molecule has 0 amide bonds. The van der Waals surface area contributed by atoms with Crippen molar-refractivity contribution in [3.05, 3.63) is 65.2 Å². The van der Waals surface area contributed by atoms with Gasteiger partial charge < -0.3 is 5.21 Å². The van der Waals surface area contributed by atoms with Gasteiger partial charge in [0.15, 0.2) is 0 Å². The Balaban J connectivity index is 2.37. The van der Waals surface area contributed by atoms with Crippen molar-refractivity contribution in [1.82, 2.24) is 0 Å². The first-order valence-electron chi connectivity index (χ1n) is 6.80. The number of alkyl halides is 6. The van der Waals surface area contributed by atoms with Gasteiger partial charge in [0.2, 0.25) is 0 Å². The Kier molecular flexibility index (Phi) is 5.66. The number of rotatable bonds is 4. The van der Waals surface area contributed by atoms with E-state index in [9.17, 15) is 26.3 Å². The van der Waals surface area contributed by atoms with Crippen LogP contribution in [0.3, 0.4) is 0 Å². The van der Waals surface area contributed by atoms with Crippen molar-refractivity contribution >= 4 is 17.5 Å². The minimum absolute atomic E-state index is 0.0306. The Morgan fingerprint density at radius 1 is 0.880 bits per heavy atom. The minimum atomic E-state index is -4.96. The molecule has 0 aliphatic carbocycles. The van der Waals surface area contributed by atoms with Crippen molar-refractivity contribution in [2.75, 3.05) is 5.75 Å². The average Bonchev–Trinajstić information content (AvgIpc) is 2.54. The molecule has 0 saturated carbocycles. The highest BCUT2D eigenvalue weighted by atomic mass is 32.2. The zero-order valence-electron chi connectivity index (χ0n) is 12.4. The van der Waals surface area contributed by atoms with E-state index < -0.39 is 29.0 Å². The highest BCUT2D eigenvalue weighted by Crippen LogP contribution is 2.36. The standard InChI is InChI=1S/C16H11F6NOS/c17-15(18,19)11-6-10(7-12(8-11)16(20,21)22)14(23-24)9-25-13-4-2-1-3-5-13/h1-8,24H,9H2/b23-14-. The van der Waals surface area contributed by atoms with Crippen molar-refractivity contribution in [1.29, 1.82) is 0 Å². The van der Waals surface area contributed by atoms with E-state index in [1.54, 1.807) is 30.3 Å². The number of halogens is 6. The second-order valence-corrected chi connectivity index (χ2v) is 5.99. The maximum Gasteiger partial charge on any atom is 0.416 e. The lowest BCUT2D eigenvalue weighted by Gasteiger charge is -2.14. The van der Waals surface area contributed by atoms with Crippen LogP contribution >= 0.6 is 11.8 Å². The Morgan fingerprint density at radius 3 is 1.84 bits per heavy atom. The predicted octanol–water partition coefficient (Wildman–Crippen LogP) is 5.69. The lowest BCUT2D eigenvalue weighted by Crippen LogP contribution is -2.14. The van der Waals surface area contributed by atoms with Crippen LogP contribution < -0.4 is 0 Å². The topological polar surface area (TPSA) is 32.6 Å². The fourth-order valence-electron chi connectivity index (χ4n) is 1.96. The van der Waals surface area contributed by atoms with E-state index in [0.717, 1.165) is 16.7 Å². The summed E-state index contributed by atoms with van der Waals surface area (Å²) in [6, 6.07) is 9.75.